The van der Waals surface area contributed by atoms with Crippen molar-refractivity contribution in [3.05, 3.63) is 82.4 Å². The highest BCUT2D eigenvalue weighted by Crippen LogP contribution is 2.32. The summed E-state index contributed by atoms with van der Waals surface area (Å²) in [5, 5.41) is 4.65. The molecule has 1 fully saturated rings. The van der Waals surface area contributed by atoms with Gasteiger partial charge in [0.05, 0.1) is 10.7 Å². The summed E-state index contributed by atoms with van der Waals surface area (Å²) in [5.41, 5.74) is 4.05. The number of piperidine rings is 1. The fourth-order valence-electron chi connectivity index (χ4n) is 4.52. The van der Waals surface area contributed by atoms with E-state index in [2.05, 4.69) is 26.0 Å². The molecule has 1 unspecified atom stereocenters. The standard InChI is InChI=1S/C24H22ClF2N5.C2H6/c1-15-9-23(32-24(30-15)28-14-29-32)17-3-2-8-31(12-17)13-18-10-16(4-7-22(18)27)20-6-5-19(26)11-21(20)25;1-2/h4-7,9-11,14,17H,2-3,8,12-13H2,1H3;1-2H3. The van der Waals surface area contributed by atoms with Crippen molar-refractivity contribution in [2.75, 3.05) is 13.1 Å². The molecular formula is C26H28ClF2N5. The van der Waals surface area contributed by atoms with Crippen LogP contribution in [0.5, 0.6) is 0 Å². The molecule has 34 heavy (non-hydrogen) atoms. The summed E-state index contributed by atoms with van der Waals surface area (Å²) in [6, 6.07) is 11.3. The topological polar surface area (TPSA) is 46.3 Å². The molecule has 0 saturated carbocycles. The molecular weight excluding hydrogens is 456 g/mol. The van der Waals surface area contributed by atoms with Gasteiger partial charge in [0.2, 0.25) is 0 Å². The smallest absolute Gasteiger partial charge is 0.252 e. The van der Waals surface area contributed by atoms with E-state index in [0.29, 0.717) is 28.5 Å². The highest BCUT2D eigenvalue weighted by Gasteiger charge is 2.25. The van der Waals surface area contributed by atoms with E-state index in [-0.39, 0.29) is 11.7 Å². The normalized spacial score (nSPS) is 16.4. The lowest BCUT2D eigenvalue weighted by atomic mass is 9.93. The third-order valence-electron chi connectivity index (χ3n) is 6.01. The zero-order valence-corrected chi connectivity index (χ0v) is 20.4. The quantitative estimate of drug-likeness (QED) is 0.335. The number of likely N-dealkylation sites (tertiary alicyclic amines) is 1. The number of hydrogen-bond donors (Lipinski definition) is 0. The highest BCUT2D eigenvalue weighted by atomic mass is 35.5. The largest absolute Gasteiger partial charge is 0.298 e. The van der Waals surface area contributed by atoms with E-state index < -0.39 is 5.82 Å². The van der Waals surface area contributed by atoms with E-state index in [0.717, 1.165) is 42.9 Å². The summed E-state index contributed by atoms with van der Waals surface area (Å²) in [4.78, 5) is 10.9. The van der Waals surface area contributed by atoms with E-state index in [1.807, 2.05) is 26.8 Å². The third kappa shape index (κ3) is 5.10. The van der Waals surface area contributed by atoms with E-state index in [4.69, 9.17) is 11.6 Å². The van der Waals surface area contributed by atoms with Gasteiger partial charge in [0, 0.05) is 35.8 Å². The second-order valence-electron chi connectivity index (χ2n) is 8.30. The minimum Gasteiger partial charge on any atom is -0.298 e. The Morgan fingerprint density at radius 2 is 1.91 bits per heavy atom. The predicted molar refractivity (Wildman–Crippen MR) is 131 cm³/mol. The minimum atomic E-state index is -0.395. The molecule has 1 aliphatic heterocycles. The van der Waals surface area contributed by atoms with Crippen LogP contribution in [0.4, 0.5) is 8.78 Å². The van der Waals surface area contributed by atoms with Crippen molar-refractivity contribution >= 4 is 17.4 Å². The summed E-state index contributed by atoms with van der Waals surface area (Å²) < 4.78 is 29.9. The number of aromatic nitrogens is 4. The monoisotopic (exact) mass is 483 g/mol. The van der Waals surface area contributed by atoms with Crippen LogP contribution < -0.4 is 0 Å². The maximum absolute atomic E-state index is 14.7. The Labute approximate surface area is 203 Å². The maximum atomic E-state index is 14.7. The summed E-state index contributed by atoms with van der Waals surface area (Å²) in [5.74, 6) is 0.209. The van der Waals surface area contributed by atoms with Gasteiger partial charge in [0.1, 0.15) is 18.0 Å². The van der Waals surface area contributed by atoms with Crippen molar-refractivity contribution < 1.29 is 8.78 Å². The summed E-state index contributed by atoms with van der Waals surface area (Å²) in [7, 11) is 0. The molecule has 4 aromatic rings. The summed E-state index contributed by atoms with van der Waals surface area (Å²) >= 11 is 6.22. The van der Waals surface area contributed by atoms with Gasteiger partial charge in [-0.3, -0.25) is 4.90 Å². The van der Waals surface area contributed by atoms with Gasteiger partial charge in [-0.25, -0.2) is 18.3 Å². The first-order valence-electron chi connectivity index (χ1n) is 11.6. The van der Waals surface area contributed by atoms with Crippen molar-refractivity contribution in [2.24, 2.45) is 0 Å². The zero-order valence-electron chi connectivity index (χ0n) is 19.6. The zero-order chi connectivity index (χ0) is 24.2. The fraction of sp³-hybridized carbons (Fsp3) is 0.346. The molecule has 0 amide bonds. The molecule has 5 rings (SSSR count). The lowest BCUT2D eigenvalue weighted by molar-refractivity contribution is 0.195. The number of nitrogens with zero attached hydrogens (tertiary/aromatic N) is 5. The van der Waals surface area contributed by atoms with Crippen molar-refractivity contribution in [1.82, 2.24) is 24.5 Å². The second kappa shape index (κ2) is 10.6. The van der Waals surface area contributed by atoms with Crippen LogP contribution in [0.15, 0.2) is 48.8 Å². The van der Waals surface area contributed by atoms with Crippen LogP contribution in [0.2, 0.25) is 5.02 Å². The molecule has 1 saturated heterocycles. The second-order valence-corrected chi connectivity index (χ2v) is 8.71. The molecule has 2 aromatic heterocycles. The Kier molecular flexibility index (Phi) is 7.54. The number of aryl methyl sites for hydroxylation is 1. The minimum absolute atomic E-state index is 0.257. The van der Waals surface area contributed by atoms with Gasteiger partial charge >= 0.3 is 0 Å². The van der Waals surface area contributed by atoms with Gasteiger partial charge in [-0.1, -0.05) is 31.5 Å². The number of rotatable bonds is 4. The van der Waals surface area contributed by atoms with E-state index >= 15 is 0 Å². The molecule has 0 spiro atoms. The maximum Gasteiger partial charge on any atom is 0.252 e. The first-order valence-corrected chi connectivity index (χ1v) is 12.0. The lowest BCUT2D eigenvalue weighted by Crippen LogP contribution is -2.35. The van der Waals surface area contributed by atoms with E-state index in [1.165, 1.54) is 24.5 Å². The summed E-state index contributed by atoms with van der Waals surface area (Å²) in [6.45, 7) is 8.13. The molecule has 0 bridgehead atoms. The van der Waals surface area contributed by atoms with Gasteiger partial charge < -0.3 is 0 Å². The Bertz CT molecular complexity index is 1290. The van der Waals surface area contributed by atoms with Crippen LogP contribution in [-0.4, -0.2) is 37.6 Å². The van der Waals surface area contributed by atoms with E-state index in [1.54, 1.807) is 16.6 Å². The summed E-state index contributed by atoms with van der Waals surface area (Å²) in [6.07, 6.45) is 3.56. The molecule has 0 radical (unpaired) electrons. The Balaban J connectivity index is 0.00000133. The Morgan fingerprint density at radius 1 is 1.09 bits per heavy atom. The van der Waals surface area contributed by atoms with Crippen molar-refractivity contribution in [3.63, 3.8) is 0 Å². The first kappa shape index (κ1) is 24.2. The van der Waals surface area contributed by atoms with Crippen LogP contribution in [0.1, 0.15) is 49.6 Å². The van der Waals surface area contributed by atoms with Crippen molar-refractivity contribution in [2.45, 2.75) is 46.1 Å². The van der Waals surface area contributed by atoms with Gasteiger partial charge in [-0.05, 0) is 68.3 Å². The molecule has 3 heterocycles. The molecule has 2 aromatic carbocycles. The number of halogens is 3. The van der Waals surface area contributed by atoms with Crippen LogP contribution in [-0.2, 0) is 6.54 Å². The average molecular weight is 484 g/mol. The van der Waals surface area contributed by atoms with Crippen molar-refractivity contribution in [1.29, 1.82) is 0 Å². The lowest BCUT2D eigenvalue weighted by Gasteiger charge is -2.33. The van der Waals surface area contributed by atoms with Gasteiger partial charge in [-0.2, -0.15) is 10.1 Å². The fourth-order valence-corrected chi connectivity index (χ4v) is 4.79. The van der Waals surface area contributed by atoms with Gasteiger partial charge in [0.15, 0.2) is 0 Å². The number of fused-ring (bicyclic) bond motifs is 1. The molecule has 8 heteroatoms. The molecule has 178 valence electrons. The van der Waals surface area contributed by atoms with Gasteiger partial charge in [-0.15, -0.1) is 0 Å². The van der Waals surface area contributed by atoms with Crippen molar-refractivity contribution in [3.8, 4) is 11.1 Å². The molecule has 1 atom stereocenters. The number of hydrogen-bond acceptors (Lipinski definition) is 4. The predicted octanol–water partition coefficient (Wildman–Crippen LogP) is 6.44. The molecule has 0 aliphatic carbocycles. The van der Waals surface area contributed by atoms with E-state index in [9.17, 15) is 8.78 Å². The molecule has 0 N–H and O–H groups in total. The van der Waals surface area contributed by atoms with Crippen LogP contribution in [0.3, 0.4) is 0 Å². The van der Waals surface area contributed by atoms with Crippen LogP contribution >= 0.6 is 11.6 Å². The van der Waals surface area contributed by atoms with Crippen LogP contribution in [0, 0.1) is 18.6 Å². The Hall–Kier alpha value is -2.90. The third-order valence-corrected chi connectivity index (χ3v) is 6.33. The Morgan fingerprint density at radius 3 is 2.71 bits per heavy atom. The average Bonchev–Trinajstić information content (AvgIpc) is 3.30. The highest BCUT2D eigenvalue weighted by molar-refractivity contribution is 6.33. The van der Waals surface area contributed by atoms with Crippen LogP contribution in [0.25, 0.3) is 16.9 Å². The number of benzene rings is 2. The first-order chi connectivity index (χ1) is 16.5. The molecule has 5 nitrogen and oxygen atoms in total. The SMILES string of the molecule is CC.Cc1cc(C2CCCN(Cc3cc(-c4ccc(F)cc4Cl)ccc3F)C2)n2ncnc2n1. The van der Waals surface area contributed by atoms with Gasteiger partial charge in [0.25, 0.3) is 5.78 Å². The molecule has 1 aliphatic rings.